The van der Waals surface area contributed by atoms with Gasteiger partial charge in [-0.3, -0.25) is 9.59 Å². The van der Waals surface area contributed by atoms with E-state index in [-0.39, 0.29) is 24.2 Å². The van der Waals surface area contributed by atoms with Gasteiger partial charge in [0, 0.05) is 28.3 Å². The molecule has 0 atom stereocenters. The Bertz CT molecular complexity index is 1090. The predicted octanol–water partition coefficient (Wildman–Crippen LogP) is 5.98. The van der Waals surface area contributed by atoms with Crippen molar-refractivity contribution >= 4 is 23.2 Å². The number of carbonyl (C=O) groups is 2. The number of hydrogen-bond acceptors (Lipinski definition) is 3. The van der Waals surface area contributed by atoms with Crippen LogP contribution in [0.3, 0.4) is 0 Å². The average Bonchev–Trinajstić information content (AvgIpc) is 3.21. The van der Waals surface area contributed by atoms with Gasteiger partial charge >= 0.3 is 0 Å². The summed E-state index contributed by atoms with van der Waals surface area (Å²) in [6.07, 6.45) is 0.977. The molecule has 0 N–H and O–H groups in total. The molecule has 4 nitrogen and oxygen atoms in total. The third kappa shape index (κ3) is 7.52. The number of halogens is 1. The van der Waals surface area contributed by atoms with E-state index in [2.05, 4.69) is 0 Å². The first kappa shape index (κ1) is 25.6. The molecule has 0 aliphatic rings. The maximum atomic E-state index is 13.5. The molecule has 3 aromatic rings. The van der Waals surface area contributed by atoms with Gasteiger partial charge in [-0.05, 0) is 69.5 Å². The minimum atomic E-state index is -0.496. The number of nitrogens with zero attached hydrogens (tertiary/aromatic N) is 2. The largest absolute Gasteiger partial charge is 0.332 e. The van der Waals surface area contributed by atoms with Gasteiger partial charge < -0.3 is 9.80 Å². The summed E-state index contributed by atoms with van der Waals surface area (Å²) in [7, 11) is 0. The zero-order chi connectivity index (χ0) is 24.7. The van der Waals surface area contributed by atoms with Gasteiger partial charge in [0.05, 0.1) is 6.54 Å². The second-order valence-electron chi connectivity index (χ2n) is 9.52. The van der Waals surface area contributed by atoms with Crippen LogP contribution in [0.25, 0.3) is 0 Å². The molecule has 0 bridgehead atoms. The van der Waals surface area contributed by atoms with E-state index in [0.717, 1.165) is 16.0 Å². The second-order valence-corrected chi connectivity index (χ2v) is 10.9. The van der Waals surface area contributed by atoms with E-state index in [4.69, 9.17) is 0 Å². The van der Waals surface area contributed by atoms with Crippen LogP contribution < -0.4 is 0 Å². The average molecular weight is 481 g/mol. The van der Waals surface area contributed by atoms with E-state index in [1.165, 1.54) is 17.0 Å². The van der Waals surface area contributed by atoms with Crippen LogP contribution >= 0.6 is 11.3 Å². The normalized spacial score (nSPS) is 11.3. The van der Waals surface area contributed by atoms with Gasteiger partial charge in [0.25, 0.3) is 0 Å². The number of amides is 2. The Morgan fingerprint density at radius 1 is 0.853 bits per heavy atom. The molecule has 0 fully saturated rings. The fraction of sp³-hybridized carbons (Fsp3) is 0.357. The van der Waals surface area contributed by atoms with Crippen molar-refractivity contribution in [3.8, 4) is 0 Å². The van der Waals surface area contributed by atoms with Crippen LogP contribution in [0.4, 0.5) is 4.39 Å². The van der Waals surface area contributed by atoms with E-state index in [1.54, 1.807) is 33.3 Å². The van der Waals surface area contributed by atoms with E-state index >= 15 is 0 Å². The lowest BCUT2D eigenvalue weighted by molar-refractivity contribution is -0.145. The van der Waals surface area contributed by atoms with Gasteiger partial charge in [0.15, 0.2) is 0 Å². The molecular weight excluding hydrogens is 447 g/mol. The minimum Gasteiger partial charge on any atom is -0.332 e. The van der Waals surface area contributed by atoms with Crippen LogP contribution in [0.15, 0.2) is 66.7 Å². The quantitative estimate of drug-likeness (QED) is 0.378. The van der Waals surface area contributed by atoms with Crippen molar-refractivity contribution in [1.82, 2.24) is 9.80 Å². The fourth-order valence-electron chi connectivity index (χ4n) is 3.77. The van der Waals surface area contributed by atoms with Gasteiger partial charge in [-0.2, -0.15) is 0 Å². The molecule has 0 saturated heterocycles. The van der Waals surface area contributed by atoms with Gasteiger partial charge in [0.2, 0.25) is 11.8 Å². The Kier molecular flexibility index (Phi) is 8.61. The highest BCUT2D eigenvalue weighted by atomic mass is 32.1. The van der Waals surface area contributed by atoms with Crippen molar-refractivity contribution < 1.29 is 14.0 Å². The highest BCUT2D eigenvalue weighted by Crippen LogP contribution is 2.21. The molecule has 0 spiro atoms. The van der Waals surface area contributed by atoms with E-state index in [9.17, 15) is 14.0 Å². The summed E-state index contributed by atoms with van der Waals surface area (Å²) in [5.74, 6) is -0.477. The van der Waals surface area contributed by atoms with Crippen molar-refractivity contribution in [1.29, 1.82) is 0 Å². The number of rotatable bonds is 9. The summed E-state index contributed by atoms with van der Waals surface area (Å²) in [6, 6.07) is 20.2. The highest BCUT2D eigenvalue weighted by Gasteiger charge is 2.30. The first-order chi connectivity index (χ1) is 16.1. The molecule has 180 valence electrons. The lowest BCUT2D eigenvalue weighted by atomic mass is 10.0. The molecule has 0 unspecified atom stereocenters. The van der Waals surface area contributed by atoms with Crippen molar-refractivity contribution in [2.24, 2.45) is 0 Å². The third-order valence-electron chi connectivity index (χ3n) is 5.66. The lowest BCUT2D eigenvalue weighted by Gasteiger charge is -2.37. The summed E-state index contributed by atoms with van der Waals surface area (Å²) < 4.78 is 13.4. The van der Waals surface area contributed by atoms with Crippen LogP contribution in [0, 0.1) is 12.7 Å². The summed E-state index contributed by atoms with van der Waals surface area (Å²) in [5, 5.41) is 0. The van der Waals surface area contributed by atoms with Gasteiger partial charge in [-0.25, -0.2) is 4.39 Å². The molecule has 0 saturated carbocycles. The van der Waals surface area contributed by atoms with E-state index in [1.807, 2.05) is 70.2 Å². The zero-order valence-electron chi connectivity index (χ0n) is 20.4. The van der Waals surface area contributed by atoms with Crippen LogP contribution in [-0.4, -0.2) is 33.7 Å². The number of thiophene rings is 1. The molecule has 2 amide bonds. The topological polar surface area (TPSA) is 40.6 Å². The van der Waals surface area contributed by atoms with E-state index < -0.39 is 5.54 Å². The van der Waals surface area contributed by atoms with E-state index in [0.29, 0.717) is 25.9 Å². The van der Waals surface area contributed by atoms with Crippen molar-refractivity contribution in [2.75, 3.05) is 6.54 Å². The van der Waals surface area contributed by atoms with Crippen LogP contribution in [0.5, 0.6) is 0 Å². The Morgan fingerprint density at radius 2 is 1.53 bits per heavy atom. The summed E-state index contributed by atoms with van der Waals surface area (Å²) in [6.45, 7) is 8.70. The fourth-order valence-corrected chi connectivity index (χ4v) is 4.67. The van der Waals surface area contributed by atoms with Crippen molar-refractivity contribution in [3.63, 3.8) is 0 Å². The maximum Gasteiger partial charge on any atom is 0.242 e. The standard InChI is InChI=1S/C28H33FN2O2S/c1-21-10-16-25(34-21)19-30(18-23-11-14-24(29)15-12-23)27(33)20-31(28(2,3)4)26(32)17-13-22-8-6-5-7-9-22/h5-12,14-16H,13,17-20H2,1-4H3. The monoisotopic (exact) mass is 480 g/mol. The minimum absolute atomic E-state index is 0.00265. The van der Waals surface area contributed by atoms with Gasteiger partial charge in [-0.1, -0.05) is 42.5 Å². The molecule has 0 aliphatic heterocycles. The maximum absolute atomic E-state index is 13.5. The van der Waals surface area contributed by atoms with Gasteiger partial charge in [-0.15, -0.1) is 11.3 Å². The summed E-state index contributed by atoms with van der Waals surface area (Å²) in [4.78, 5) is 32.4. The van der Waals surface area contributed by atoms with Crippen LogP contribution in [-0.2, 0) is 29.1 Å². The Balaban J connectivity index is 1.75. The van der Waals surface area contributed by atoms with Crippen molar-refractivity contribution in [3.05, 3.63) is 93.4 Å². The molecule has 0 aliphatic carbocycles. The molecule has 0 radical (unpaired) electrons. The molecule has 2 aromatic carbocycles. The van der Waals surface area contributed by atoms with Crippen LogP contribution in [0.1, 0.15) is 48.1 Å². The SMILES string of the molecule is Cc1ccc(CN(Cc2ccc(F)cc2)C(=O)CN(C(=O)CCc2ccccc2)C(C)(C)C)s1. The van der Waals surface area contributed by atoms with Crippen LogP contribution in [0.2, 0.25) is 0 Å². The number of carbonyl (C=O) groups excluding carboxylic acids is 2. The third-order valence-corrected chi connectivity index (χ3v) is 6.64. The highest BCUT2D eigenvalue weighted by molar-refractivity contribution is 7.11. The Labute approximate surface area is 206 Å². The molecule has 1 aromatic heterocycles. The molecule has 34 heavy (non-hydrogen) atoms. The molecule has 6 heteroatoms. The summed E-state index contributed by atoms with van der Waals surface area (Å²) >= 11 is 1.65. The zero-order valence-corrected chi connectivity index (χ0v) is 21.2. The second kappa shape index (κ2) is 11.4. The molecule has 3 rings (SSSR count). The first-order valence-corrected chi connectivity index (χ1v) is 12.4. The Hall–Kier alpha value is -2.99. The predicted molar refractivity (Wildman–Crippen MR) is 136 cm³/mol. The van der Waals surface area contributed by atoms with Crippen molar-refractivity contribution in [2.45, 2.75) is 59.2 Å². The smallest absolute Gasteiger partial charge is 0.242 e. The summed E-state index contributed by atoms with van der Waals surface area (Å²) in [5.41, 5.74) is 1.45. The number of aryl methyl sites for hydroxylation is 2. The molecular formula is C28H33FN2O2S. The number of benzene rings is 2. The molecule has 1 heterocycles. The number of hydrogen-bond donors (Lipinski definition) is 0. The lowest BCUT2D eigenvalue weighted by Crippen LogP contribution is -2.51. The first-order valence-electron chi connectivity index (χ1n) is 11.5. The Morgan fingerprint density at radius 3 is 2.12 bits per heavy atom. The van der Waals surface area contributed by atoms with Gasteiger partial charge in [0.1, 0.15) is 12.4 Å².